The Kier molecular flexibility index (Phi) is 8.80. The van der Waals surface area contributed by atoms with Crippen LogP contribution in [-0.2, 0) is 25.5 Å². The highest BCUT2D eigenvalue weighted by molar-refractivity contribution is 5.87. The summed E-state index contributed by atoms with van der Waals surface area (Å²) in [5, 5.41) is 0. The van der Waals surface area contributed by atoms with Crippen molar-refractivity contribution in [3.8, 4) is 22.3 Å². The average molecular weight is 469 g/mol. The molecule has 180 valence electrons. The fraction of sp³-hybridized carbons (Fsp3) is 0.226. The van der Waals surface area contributed by atoms with Gasteiger partial charge in [0, 0.05) is 17.1 Å². The molecule has 0 radical (unpaired) electrons. The summed E-state index contributed by atoms with van der Waals surface area (Å²) in [5.74, 6) is -1.09. The molecular formula is C31H32O4. The Labute approximate surface area is 207 Å². The second kappa shape index (κ2) is 12.0. The molecule has 0 aromatic heterocycles. The minimum atomic E-state index is -0.453. The summed E-state index contributed by atoms with van der Waals surface area (Å²) < 4.78 is 10.7. The van der Waals surface area contributed by atoms with Gasteiger partial charge in [-0.2, -0.15) is 0 Å². The Morgan fingerprint density at radius 3 is 1.37 bits per heavy atom. The van der Waals surface area contributed by atoms with Crippen molar-refractivity contribution in [1.82, 2.24) is 0 Å². The van der Waals surface area contributed by atoms with E-state index in [0.29, 0.717) is 17.6 Å². The molecule has 3 rings (SSSR count). The second-order valence-corrected chi connectivity index (χ2v) is 8.97. The Morgan fingerprint density at radius 2 is 1.00 bits per heavy atom. The van der Waals surface area contributed by atoms with Crippen LogP contribution in [0.4, 0.5) is 0 Å². The van der Waals surface area contributed by atoms with Gasteiger partial charge in [0.25, 0.3) is 0 Å². The van der Waals surface area contributed by atoms with Crippen LogP contribution in [0, 0.1) is 12.8 Å². The third-order valence-corrected chi connectivity index (χ3v) is 5.68. The first kappa shape index (κ1) is 25.7. The van der Waals surface area contributed by atoms with E-state index in [-0.39, 0.29) is 19.1 Å². The summed E-state index contributed by atoms with van der Waals surface area (Å²) in [6, 6.07) is 25.3. The number of carbonyl (C=O) groups excluding carboxylic acids is 2. The van der Waals surface area contributed by atoms with Crippen molar-refractivity contribution in [3.05, 3.63) is 108 Å². The molecule has 35 heavy (non-hydrogen) atoms. The number of ether oxygens (including phenoxy) is 2. The molecule has 3 aromatic rings. The lowest BCUT2D eigenvalue weighted by molar-refractivity contribution is -0.144. The lowest BCUT2D eigenvalue weighted by Crippen LogP contribution is -2.23. The predicted molar refractivity (Wildman–Crippen MR) is 141 cm³/mol. The number of esters is 2. The van der Waals surface area contributed by atoms with Crippen molar-refractivity contribution in [2.24, 2.45) is 5.92 Å². The van der Waals surface area contributed by atoms with Gasteiger partial charge in [0.15, 0.2) is 0 Å². The number of carbonyl (C=O) groups is 2. The van der Waals surface area contributed by atoms with Gasteiger partial charge in [-0.1, -0.05) is 91.5 Å². The summed E-state index contributed by atoms with van der Waals surface area (Å²) in [4.78, 5) is 23.7. The van der Waals surface area contributed by atoms with E-state index in [2.05, 4.69) is 92.9 Å². The minimum absolute atomic E-state index is 0.136. The minimum Gasteiger partial charge on any atom is -0.462 e. The van der Waals surface area contributed by atoms with Crippen LogP contribution in [0.5, 0.6) is 0 Å². The van der Waals surface area contributed by atoms with Crippen LogP contribution in [0.15, 0.2) is 97.1 Å². The number of benzene rings is 3. The molecule has 0 bridgehead atoms. The molecule has 0 unspecified atom stereocenters. The largest absolute Gasteiger partial charge is 0.462 e. The zero-order chi connectivity index (χ0) is 25.4. The highest BCUT2D eigenvalue weighted by atomic mass is 16.5. The smallest absolute Gasteiger partial charge is 0.333 e. The lowest BCUT2D eigenvalue weighted by Gasteiger charge is -2.18. The van der Waals surface area contributed by atoms with E-state index in [9.17, 15) is 9.59 Å². The van der Waals surface area contributed by atoms with Crippen molar-refractivity contribution in [1.29, 1.82) is 0 Å². The fourth-order valence-corrected chi connectivity index (χ4v) is 3.57. The quantitative estimate of drug-likeness (QED) is 0.245. The van der Waals surface area contributed by atoms with E-state index in [4.69, 9.17) is 9.47 Å². The Morgan fingerprint density at radius 1 is 0.657 bits per heavy atom. The maximum absolute atomic E-state index is 11.8. The van der Waals surface area contributed by atoms with Gasteiger partial charge in [0.05, 0.1) is 13.2 Å². The normalized spacial score (nSPS) is 10.6. The van der Waals surface area contributed by atoms with E-state index in [1.807, 2.05) is 0 Å². The van der Waals surface area contributed by atoms with Crippen molar-refractivity contribution >= 4 is 11.9 Å². The van der Waals surface area contributed by atoms with Gasteiger partial charge >= 0.3 is 11.9 Å². The number of aryl methyl sites for hydroxylation is 1. The van der Waals surface area contributed by atoms with Crippen molar-refractivity contribution in [3.63, 3.8) is 0 Å². The first-order valence-electron chi connectivity index (χ1n) is 11.6. The van der Waals surface area contributed by atoms with E-state index >= 15 is 0 Å². The van der Waals surface area contributed by atoms with Gasteiger partial charge < -0.3 is 9.47 Å². The topological polar surface area (TPSA) is 52.6 Å². The molecule has 0 heterocycles. The van der Waals surface area contributed by atoms with E-state index in [1.165, 1.54) is 16.7 Å². The molecule has 0 spiro atoms. The molecule has 0 atom stereocenters. The standard InChI is InChI=1S/C31H32O4/c1-21(2)30(32)34-19-25(20-35-31(33)22(3)4)18-24-8-12-27(13-9-24)29-16-14-28(15-17-29)26-10-6-23(5)7-11-26/h6-17,25H,1,3,18-20H2,2,4-5H3. The Balaban J connectivity index is 1.67. The van der Waals surface area contributed by atoms with E-state index in [1.54, 1.807) is 13.8 Å². The molecule has 4 heteroatoms. The van der Waals surface area contributed by atoms with Crippen molar-refractivity contribution in [2.75, 3.05) is 13.2 Å². The maximum Gasteiger partial charge on any atom is 0.333 e. The van der Waals surface area contributed by atoms with Gasteiger partial charge in [-0.25, -0.2) is 9.59 Å². The molecule has 4 nitrogen and oxygen atoms in total. The van der Waals surface area contributed by atoms with Crippen molar-refractivity contribution < 1.29 is 19.1 Å². The molecule has 0 aliphatic rings. The van der Waals surface area contributed by atoms with Gasteiger partial charge in [0.1, 0.15) is 0 Å². The zero-order valence-electron chi connectivity index (χ0n) is 20.7. The molecule has 0 amide bonds. The summed E-state index contributed by atoms with van der Waals surface area (Å²) in [6.07, 6.45) is 0.597. The lowest BCUT2D eigenvalue weighted by atomic mass is 9.96. The van der Waals surface area contributed by atoms with Crippen molar-refractivity contribution in [2.45, 2.75) is 27.2 Å². The monoisotopic (exact) mass is 468 g/mol. The molecular weight excluding hydrogens is 436 g/mol. The molecule has 0 aliphatic heterocycles. The van der Waals surface area contributed by atoms with Gasteiger partial charge in [-0.15, -0.1) is 0 Å². The fourth-order valence-electron chi connectivity index (χ4n) is 3.57. The first-order valence-corrected chi connectivity index (χ1v) is 11.6. The number of rotatable bonds is 10. The highest BCUT2D eigenvalue weighted by Gasteiger charge is 2.17. The summed E-state index contributed by atoms with van der Waals surface area (Å²) >= 11 is 0. The van der Waals surface area contributed by atoms with Gasteiger partial charge in [0.2, 0.25) is 0 Å². The third-order valence-electron chi connectivity index (χ3n) is 5.68. The molecule has 0 N–H and O–H groups in total. The maximum atomic E-state index is 11.8. The summed E-state index contributed by atoms with van der Waals surface area (Å²) in [7, 11) is 0. The summed E-state index contributed by atoms with van der Waals surface area (Å²) in [5.41, 5.74) is 7.60. The summed E-state index contributed by atoms with van der Waals surface area (Å²) in [6.45, 7) is 12.8. The van der Waals surface area contributed by atoms with E-state index < -0.39 is 11.9 Å². The molecule has 0 saturated carbocycles. The van der Waals surface area contributed by atoms with Gasteiger partial charge in [-0.05, 0) is 55.0 Å². The average Bonchev–Trinajstić information content (AvgIpc) is 2.86. The van der Waals surface area contributed by atoms with Crippen LogP contribution in [0.1, 0.15) is 25.0 Å². The zero-order valence-corrected chi connectivity index (χ0v) is 20.7. The molecule has 0 saturated heterocycles. The van der Waals surface area contributed by atoms with Crippen LogP contribution in [0.3, 0.4) is 0 Å². The van der Waals surface area contributed by atoms with Crippen LogP contribution >= 0.6 is 0 Å². The number of hydrogen-bond donors (Lipinski definition) is 0. The van der Waals surface area contributed by atoms with Crippen LogP contribution in [0.25, 0.3) is 22.3 Å². The third kappa shape index (κ3) is 7.54. The van der Waals surface area contributed by atoms with E-state index in [0.717, 1.165) is 16.7 Å². The molecule has 3 aromatic carbocycles. The van der Waals surface area contributed by atoms with Crippen LogP contribution < -0.4 is 0 Å². The van der Waals surface area contributed by atoms with Crippen LogP contribution in [0.2, 0.25) is 0 Å². The predicted octanol–water partition coefficient (Wildman–Crippen LogP) is 6.73. The SMILES string of the molecule is C=C(C)C(=O)OCC(COC(=O)C(=C)C)Cc1ccc(-c2ccc(-c3ccc(C)cc3)cc2)cc1. The Hall–Kier alpha value is -3.92. The Bertz CT molecular complexity index is 1160. The molecule has 0 aliphatic carbocycles. The van der Waals surface area contributed by atoms with Gasteiger partial charge in [-0.3, -0.25) is 0 Å². The first-order chi connectivity index (χ1) is 16.7. The number of hydrogen-bond acceptors (Lipinski definition) is 4. The van der Waals surface area contributed by atoms with Crippen LogP contribution in [-0.4, -0.2) is 25.2 Å². The molecule has 0 fully saturated rings. The second-order valence-electron chi connectivity index (χ2n) is 8.97. The highest BCUT2D eigenvalue weighted by Crippen LogP contribution is 2.26.